The summed E-state index contributed by atoms with van der Waals surface area (Å²) in [5.41, 5.74) is 9.86. The second-order valence-corrected chi connectivity index (χ2v) is 10.6. The zero-order valence-electron chi connectivity index (χ0n) is 30.1. The van der Waals surface area contributed by atoms with E-state index >= 15 is 0 Å². The number of hydrogen-bond acceptors (Lipinski definition) is 6. The maximum absolute atomic E-state index is 10.5. The molecule has 0 aliphatic heterocycles. The summed E-state index contributed by atoms with van der Waals surface area (Å²) in [6, 6.07) is 17.3. The number of carbonyl (C=O) groups is 1. The van der Waals surface area contributed by atoms with E-state index in [9.17, 15) is 15.3 Å². The van der Waals surface area contributed by atoms with Crippen LogP contribution < -0.4 is 9.47 Å². The Kier molecular flexibility index (Phi) is 20.7. The molecule has 0 aromatic heterocycles. The number of benzene rings is 3. The Morgan fingerprint density at radius 1 is 0.660 bits per heavy atom. The van der Waals surface area contributed by atoms with Gasteiger partial charge in [-0.25, -0.2) is 0 Å². The molecule has 47 heavy (non-hydrogen) atoms. The second-order valence-electron chi connectivity index (χ2n) is 10.1. The number of aldehydes is 1. The summed E-state index contributed by atoms with van der Waals surface area (Å²) in [7, 11) is 0. The lowest BCUT2D eigenvalue weighted by Gasteiger charge is -2.31. The van der Waals surface area contributed by atoms with Crippen LogP contribution in [0.2, 0.25) is 0 Å². The van der Waals surface area contributed by atoms with Gasteiger partial charge in [-0.2, -0.15) is 23.2 Å². The highest BCUT2D eigenvalue weighted by molar-refractivity contribution is 7.80. The molecule has 5 nitrogen and oxygen atoms in total. The fourth-order valence-electron chi connectivity index (χ4n) is 5.89. The van der Waals surface area contributed by atoms with Gasteiger partial charge < -0.3 is 14.3 Å². The van der Waals surface area contributed by atoms with Crippen LogP contribution in [0, 0.1) is 22.7 Å². The van der Waals surface area contributed by atoms with Crippen LogP contribution in [0.5, 0.6) is 11.5 Å². The minimum Gasteiger partial charge on any atom is -0.494 e. The van der Waals surface area contributed by atoms with Crippen molar-refractivity contribution in [3.05, 3.63) is 69.8 Å². The number of aryl methyl sites for hydroxylation is 2. The standard InChI is InChI=1S/C33H32N2O3S.4C2H6/c34-20-30-28-10-6-22-18-24(37-15-4-2-1-3-14-36)8-12-26(22)32(28)33-27-13-9-25(38-16-5-17-39)19-23(27)7-11-29(33)31(30)21-35;4*1-2/h8-9,12-14,18-19,39H,1-7,10-11,15-17H2;4*1-2H3. The first-order valence-electron chi connectivity index (χ1n) is 17.8. The van der Waals surface area contributed by atoms with E-state index in [1.807, 2.05) is 67.5 Å². The number of hydrogen-bond donors (Lipinski definition) is 1. The first kappa shape index (κ1) is 41.3. The first-order valence-corrected chi connectivity index (χ1v) is 18.4. The van der Waals surface area contributed by atoms with Crippen molar-refractivity contribution in [1.29, 1.82) is 10.5 Å². The average Bonchev–Trinajstić information content (AvgIpc) is 3.15. The largest absolute Gasteiger partial charge is 0.494 e. The SMILES string of the molecule is CC.CC.CC.CC.N#Cc1c(C#N)c2c(c3c1CCc1cc(OCCCS)ccc1-3)-c1ccc(OCCCCCC=O)cc1CC2. The lowest BCUT2D eigenvalue weighted by atomic mass is 9.72. The molecule has 2 aliphatic carbocycles. The maximum Gasteiger partial charge on any atom is 0.119 e. The molecule has 3 aromatic rings. The summed E-state index contributed by atoms with van der Waals surface area (Å²) >= 11 is 4.27. The highest BCUT2D eigenvalue weighted by Crippen LogP contribution is 2.49. The van der Waals surface area contributed by atoms with Crippen molar-refractivity contribution < 1.29 is 14.3 Å². The summed E-state index contributed by atoms with van der Waals surface area (Å²) < 4.78 is 12.0. The Morgan fingerprint density at radius 2 is 1.11 bits per heavy atom. The van der Waals surface area contributed by atoms with E-state index in [0.717, 1.165) is 95.4 Å². The Hall–Kier alpha value is -3.74. The highest BCUT2D eigenvalue weighted by Gasteiger charge is 2.32. The van der Waals surface area contributed by atoms with Crippen LogP contribution in [-0.4, -0.2) is 25.3 Å². The quantitative estimate of drug-likeness (QED) is 0.126. The van der Waals surface area contributed by atoms with Gasteiger partial charge in [-0.3, -0.25) is 0 Å². The summed E-state index contributed by atoms with van der Waals surface area (Å²) in [5, 5.41) is 20.3. The summed E-state index contributed by atoms with van der Waals surface area (Å²) in [6.07, 6.45) is 8.28. The molecule has 0 N–H and O–H groups in total. The first-order chi connectivity index (χ1) is 23.2. The van der Waals surface area contributed by atoms with Gasteiger partial charge >= 0.3 is 0 Å². The molecule has 5 rings (SSSR count). The van der Waals surface area contributed by atoms with Gasteiger partial charge in [0.1, 0.15) is 29.9 Å². The van der Waals surface area contributed by atoms with E-state index in [1.54, 1.807) is 0 Å². The lowest BCUT2D eigenvalue weighted by molar-refractivity contribution is -0.107. The van der Waals surface area contributed by atoms with Crippen molar-refractivity contribution in [3.8, 4) is 45.9 Å². The van der Waals surface area contributed by atoms with Crippen molar-refractivity contribution in [2.24, 2.45) is 0 Å². The van der Waals surface area contributed by atoms with Gasteiger partial charge in [0.2, 0.25) is 0 Å². The zero-order valence-corrected chi connectivity index (χ0v) is 31.0. The molecular formula is C41H56N2O3S. The van der Waals surface area contributed by atoms with Gasteiger partial charge in [0.05, 0.1) is 24.3 Å². The molecule has 254 valence electrons. The van der Waals surface area contributed by atoms with E-state index in [0.29, 0.717) is 43.6 Å². The predicted octanol–water partition coefficient (Wildman–Crippen LogP) is 10.9. The van der Waals surface area contributed by atoms with Crippen molar-refractivity contribution in [2.75, 3.05) is 19.0 Å². The molecule has 3 aromatic carbocycles. The molecule has 0 spiro atoms. The molecule has 6 heteroatoms. The monoisotopic (exact) mass is 656 g/mol. The summed E-state index contributed by atoms with van der Waals surface area (Å²) in [5.74, 6) is 2.49. The van der Waals surface area contributed by atoms with E-state index < -0.39 is 0 Å². The molecule has 0 radical (unpaired) electrons. The third-order valence-electron chi connectivity index (χ3n) is 7.72. The number of unbranched alkanes of at least 4 members (excludes halogenated alkanes) is 3. The molecule has 0 amide bonds. The van der Waals surface area contributed by atoms with Crippen LogP contribution in [0.4, 0.5) is 0 Å². The van der Waals surface area contributed by atoms with Gasteiger partial charge in [0.15, 0.2) is 0 Å². The van der Waals surface area contributed by atoms with Crippen LogP contribution in [0.3, 0.4) is 0 Å². The third-order valence-corrected chi connectivity index (χ3v) is 8.03. The van der Waals surface area contributed by atoms with Crippen molar-refractivity contribution in [1.82, 2.24) is 0 Å². The number of nitriles is 2. The number of nitrogens with zero attached hydrogens (tertiary/aromatic N) is 2. The van der Waals surface area contributed by atoms with Crippen LogP contribution in [0.25, 0.3) is 22.3 Å². The minimum absolute atomic E-state index is 0.530. The summed E-state index contributed by atoms with van der Waals surface area (Å²) in [6.45, 7) is 17.3. The van der Waals surface area contributed by atoms with Crippen molar-refractivity contribution >= 4 is 18.9 Å². The van der Waals surface area contributed by atoms with E-state index in [2.05, 4.69) is 49.0 Å². The van der Waals surface area contributed by atoms with Gasteiger partial charge in [0.25, 0.3) is 0 Å². The molecule has 0 fully saturated rings. The average molecular weight is 657 g/mol. The van der Waals surface area contributed by atoms with Crippen LogP contribution >= 0.6 is 12.6 Å². The zero-order chi connectivity index (χ0) is 35.2. The predicted molar refractivity (Wildman–Crippen MR) is 201 cm³/mol. The Bertz CT molecular complexity index is 1480. The third kappa shape index (κ3) is 10.4. The molecule has 0 saturated carbocycles. The Labute approximate surface area is 290 Å². The highest BCUT2D eigenvalue weighted by atomic mass is 32.1. The topological polar surface area (TPSA) is 83.1 Å². The molecule has 0 unspecified atom stereocenters. The second kappa shape index (κ2) is 23.6. The number of rotatable bonds is 11. The lowest BCUT2D eigenvalue weighted by Crippen LogP contribution is -2.16. The molecule has 2 aliphatic rings. The van der Waals surface area contributed by atoms with Crippen LogP contribution in [0.1, 0.15) is 121 Å². The number of carbonyl (C=O) groups excluding carboxylic acids is 1. The van der Waals surface area contributed by atoms with E-state index in [-0.39, 0.29) is 0 Å². The normalized spacial score (nSPS) is 11.0. The van der Waals surface area contributed by atoms with E-state index in [4.69, 9.17) is 9.47 Å². The molecular weight excluding hydrogens is 601 g/mol. The van der Waals surface area contributed by atoms with Crippen molar-refractivity contribution in [2.45, 2.75) is 113 Å². The Balaban J connectivity index is 0.00000128. The molecule has 0 heterocycles. The van der Waals surface area contributed by atoms with Gasteiger partial charge in [-0.1, -0.05) is 67.5 Å². The van der Waals surface area contributed by atoms with Gasteiger partial charge in [-0.05, 0) is 126 Å². The number of thiol groups is 1. The van der Waals surface area contributed by atoms with E-state index in [1.165, 1.54) is 11.1 Å². The maximum atomic E-state index is 10.5. The summed E-state index contributed by atoms with van der Waals surface area (Å²) in [4.78, 5) is 10.5. The number of fused-ring (bicyclic) bond motifs is 7. The van der Waals surface area contributed by atoms with Crippen molar-refractivity contribution in [3.63, 3.8) is 0 Å². The van der Waals surface area contributed by atoms with Gasteiger partial charge in [0, 0.05) is 6.42 Å². The van der Waals surface area contributed by atoms with Crippen LogP contribution in [-0.2, 0) is 30.5 Å². The van der Waals surface area contributed by atoms with Gasteiger partial charge in [-0.15, -0.1) is 0 Å². The fourth-order valence-corrected chi connectivity index (χ4v) is 6.02. The molecule has 0 atom stereocenters. The Morgan fingerprint density at radius 3 is 1.51 bits per heavy atom. The smallest absolute Gasteiger partial charge is 0.119 e. The molecule has 0 saturated heterocycles. The molecule has 0 bridgehead atoms. The van der Waals surface area contributed by atoms with Crippen LogP contribution in [0.15, 0.2) is 36.4 Å². The fraction of sp³-hybridized carbons (Fsp3) is 0.488. The minimum atomic E-state index is 0.530. The number of ether oxygens (including phenoxy) is 2.